The highest BCUT2D eigenvalue weighted by molar-refractivity contribution is 5.85. The Balaban J connectivity index is 1.04. The Bertz CT molecular complexity index is 2450. The average Bonchev–Trinajstić information content (AvgIpc) is 3.66. The summed E-state index contributed by atoms with van der Waals surface area (Å²) < 4.78 is 0. The van der Waals surface area contributed by atoms with E-state index < -0.39 is 0 Å². The average molecular weight is 699 g/mol. The monoisotopic (exact) mass is 698 g/mol. The van der Waals surface area contributed by atoms with Crippen LogP contribution in [0.2, 0.25) is 0 Å². The van der Waals surface area contributed by atoms with Gasteiger partial charge in [-0.15, -0.1) is 0 Å². The first-order valence-electron chi connectivity index (χ1n) is 19.7. The van der Waals surface area contributed by atoms with Gasteiger partial charge in [-0.2, -0.15) is 0 Å². The Morgan fingerprint density at radius 2 is 1.31 bits per heavy atom. The van der Waals surface area contributed by atoms with Crippen molar-refractivity contribution in [2.75, 3.05) is 9.80 Å². The molecule has 54 heavy (non-hydrogen) atoms. The molecule has 6 aromatic rings. The third-order valence-corrected chi connectivity index (χ3v) is 12.5. The maximum absolute atomic E-state index is 2.62. The third kappa shape index (κ3) is 5.38. The minimum atomic E-state index is -0.0606. The summed E-state index contributed by atoms with van der Waals surface area (Å²) in [6.07, 6.45) is 12.0. The Morgan fingerprint density at radius 1 is 0.630 bits per heavy atom. The molecule has 10 rings (SSSR count). The van der Waals surface area contributed by atoms with Gasteiger partial charge >= 0.3 is 0 Å². The molecule has 0 N–H and O–H groups in total. The van der Waals surface area contributed by atoms with E-state index in [1.165, 1.54) is 72.8 Å². The van der Waals surface area contributed by atoms with Gasteiger partial charge in [-0.25, -0.2) is 0 Å². The minimum Gasteiger partial charge on any atom is -0.334 e. The van der Waals surface area contributed by atoms with Crippen molar-refractivity contribution in [2.24, 2.45) is 5.92 Å². The van der Waals surface area contributed by atoms with Crippen molar-refractivity contribution in [2.45, 2.75) is 57.0 Å². The van der Waals surface area contributed by atoms with E-state index in [0.29, 0.717) is 11.8 Å². The second-order valence-electron chi connectivity index (χ2n) is 16.2. The van der Waals surface area contributed by atoms with Gasteiger partial charge < -0.3 is 9.80 Å². The van der Waals surface area contributed by atoms with E-state index in [4.69, 9.17) is 0 Å². The summed E-state index contributed by atoms with van der Waals surface area (Å²) in [4.78, 5) is 5.12. The Morgan fingerprint density at radius 3 is 2.13 bits per heavy atom. The molecule has 0 spiro atoms. The largest absolute Gasteiger partial charge is 0.334 e. The van der Waals surface area contributed by atoms with Crippen LogP contribution in [0.3, 0.4) is 0 Å². The maximum atomic E-state index is 2.62. The van der Waals surface area contributed by atoms with Crippen LogP contribution in [0.5, 0.6) is 0 Å². The third-order valence-electron chi connectivity index (χ3n) is 12.5. The van der Waals surface area contributed by atoms with Crippen LogP contribution in [-0.4, -0.2) is 12.1 Å². The van der Waals surface area contributed by atoms with Crippen LogP contribution in [0.4, 0.5) is 22.7 Å². The molecule has 6 aromatic carbocycles. The fraction of sp³-hybridized carbons (Fsp3) is 0.192. The number of nitrogens with zero attached hydrogens (tertiary/aromatic N) is 2. The lowest BCUT2D eigenvalue weighted by Gasteiger charge is -2.38. The number of allylic oxidation sites excluding steroid dienone is 3. The molecule has 0 radical (unpaired) electrons. The number of fused-ring (bicyclic) bond motifs is 6. The van der Waals surface area contributed by atoms with Crippen LogP contribution in [0.1, 0.15) is 67.3 Å². The van der Waals surface area contributed by atoms with E-state index in [0.717, 1.165) is 12.8 Å². The molecule has 3 aliphatic carbocycles. The molecule has 0 bridgehead atoms. The van der Waals surface area contributed by atoms with Crippen molar-refractivity contribution < 1.29 is 0 Å². The van der Waals surface area contributed by atoms with Crippen molar-refractivity contribution >= 4 is 33.9 Å². The topological polar surface area (TPSA) is 6.48 Å². The Kier molecular flexibility index (Phi) is 7.84. The molecule has 0 aromatic heterocycles. The van der Waals surface area contributed by atoms with E-state index in [1.54, 1.807) is 0 Å². The SMILES string of the molecule is CC1CC(c2ccccc2)=CC(N(c2ccc(C3=CC4c5ccccc5N(c5ccccc5)C4C=C3)cc2)c2ccc3c(c2)C(C)(C)c2ccccc2-3)C1. The summed E-state index contributed by atoms with van der Waals surface area (Å²) in [5.41, 5.74) is 17.2. The first-order chi connectivity index (χ1) is 26.4. The van der Waals surface area contributed by atoms with Crippen LogP contribution >= 0.6 is 0 Å². The van der Waals surface area contributed by atoms with E-state index in [1.807, 2.05) is 0 Å². The number of hydrogen-bond acceptors (Lipinski definition) is 2. The van der Waals surface area contributed by atoms with Crippen LogP contribution < -0.4 is 9.80 Å². The van der Waals surface area contributed by atoms with Crippen LogP contribution in [0.25, 0.3) is 22.3 Å². The molecular formula is C52H46N2. The standard InChI is InChI=1S/C52H46N2/c1-35-30-39(36-14-6-4-7-15-36)32-43(31-35)53(42-27-28-45-44-18-10-12-20-48(44)52(2,3)49(45)34-42)41-25-22-37(23-26-41)38-24-29-51-47(33-38)46-19-11-13-21-50(46)54(51)40-16-8-5-9-17-40/h4-29,32-35,43,47,51H,30-31H2,1-3H3. The van der Waals surface area contributed by atoms with E-state index in [2.05, 4.69) is 207 Å². The van der Waals surface area contributed by atoms with Gasteiger partial charge in [0.05, 0.1) is 12.1 Å². The lowest BCUT2D eigenvalue weighted by molar-refractivity contribution is 0.491. The van der Waals surface area contributed by atoms with Crippen molar-refractivity contribution in [3.63, 3.8) is 0 Å². The number of anilines is 4. The zero-order valence-corrected chi connectivity index (χ0v) is 31.4. The number of hydrogen-bond donors (Lipinski definition) is 0. The van der Waals surface area contributed by atoms with Crippen molar-refractivity contribution in [1.29, 1.82) is 0 Å². The first-order valence-corrected chi connectivity index (χ1v) is 19.7. The molecule has 0 fully saturated rings. The number of benzene rings is 6. The van der Waals surface area contributed by atoms with Crippen LogP contribution in [0.15, 0.2) is 176 Å². The molecule has 4 aliphatic rings. The Labute approximate surface area is 320 Å². The predicted octanol–water partition coefficient (Wildman–Crippen LogP) is 13.3. The molecule has 0 saturated heterocycles. The van der Waals surface area contributed by atoms with Gasteiger partial charge in [-0.1, -0.05) is 154 Å². The van der Waals surface area contributed by atoms with Gasteiger partial charge in [0.1, 0.15) is 0 Å². The fourth-order valence-electron chi connectivity index (χ4n) is 9.91. The van der Waals surface area contributed by atoms with E-state index in [9.17, 15) is 0 Å². The minimum absolute atomic E-state index is 0.0606. The highest BCUT2D eigenvalue weighted by Gasteiger charge is 2.39. The van der Waals surface area contributed by atoms with Crippen LogP contribution in [-0.2, 0) is 5.41 Å². The van der Waals surface area contributed by atoms with Crippen molar-refractivity contribution in [3.8, 4) is 11.1 Å². The number of rotatable bonds is 6. The molecule has 0 amide bonds. The molecule has 2 nitrogen and oxygen atoms in total. The number of para-hydroxylation sites is 2. The summed E-state index contributed by atoms with van der Waals surface area (Å²) in [7, 11) is 0. The second-order valence-corrected chi connectivity index (χ2v) is 16.2. The molecule has 1 heterocycles. The molecule has 2 heteroatoms. The summed E-state index contributed by atoms with van der Waals surface area (Å²) >= 11 is 0. The van der Waals surface area contributed by atoms with Gasteiger partial charge in [0, 0.05) is 34.1 Å². The van der Waals surface area contributed by atoms with E-state index in [-0.39, 0.29) is 17.5 Å². The molecule has 4 unspecified atom stereocenters. The van der Waals surface area contributed by atoms with Gasteiger partial charge in [0.2, 0.25) is 0 Å². The highest BCUT2D eigenvalue weighted by Crippen LogP contribution is 2.52. The zero-order valence-electron chi connectivity index (χ0n) is 31.4. The van der Waals surface area contributed by atoms with Crippen molar-refractivity contribution in [3.05, 3.63) is 204 Å². The zero-order chi connectivity index (χ0) is 36.4. The molecule has 0 saturated carbocycles. The summed E-state index contributed by atoms with van der Waals surface area (Å²) in [6.45, 7) is 7.19. The van der Waals surface area contributed by atoms with Gasteiger partial charge in [-0.3, -0.25) is 0 Å². The highest BCUT2D eigenvalue weighted by atomic mass is 15.2. The quantitative estimate of drug-likeness (QED) is 0.171. The molecular weight excluding hydrogens is 653 g/mol. The van der Waals surface area contributed by atoms with Gasteiger partial charge in [0.15, 0.2) is 0 Å². The molecule has 4 atom stereocenters. The maximum Gasteiger partial charge on any atom is 0.0630 e. The van der Waals surface area contributed by atoms with Gasteiger partial charge in [0.25, 0.3) is 0 Å². The summed E-state index contributed by atoms with van der Waals surface area (Å²) in [6, 6.07) is 56.8. The Hall–Kier alpha value is -5.86. The summed E-state index contributed by atoms with van der Waals surface area (Å²) in [5.74, 6) is 0.865. The van der Waals surface area contributed by atoms with Crippen molar-refractivity contribution in [1.82, 2.24) is 0 Å². The smallest absolute Gasteiger partial charge is 0.0630 e. The fourth-order valence-corrected chi connectivity index (χ4v) is 9.91. The molecule has 264 valence electrons. The van der Waals surface area contributed by atoms with Gasteiger partial charge in [-0.05, 0) is 111 Å². The molecule has 1 aliphatic heterocycles. The first kappa shape index (κ1) is 32.8. The lowest BCUT2D eigenvalue weighted by atomic mass is 9.81. The second kappa shape index (κ2) is 12.9. The van der Waals surface area contributed by atoms with E-state index >= 15 is 0 Å². The predicted molar refractivity (Wildman–Crippen MR) is 228 cm³/mol. The summed E-state index contributed by atoms with van der Waals surface area (Å²) in [5, 5.41) is 0. The lowest BCUT2D eigenvalue weighted by Crippen LogP contribution is -2.34. The normalized spacial score (nSPS) is 21.7. The van der Waals surface area contributed by atoms with Crippen LogP contribution in [0, 0.1) is 5.92 Å².